The summed E-state index contributed by atoms with van der Waals surface area (Å²) in [7, 11) is 0. The van der Waals surface area contributed by atoms with E-state index in [1.807, 2.05) is 46.8 Å². The van der Waals surface area contributed by atoms with Gasteiger partial charge in [-0.2, -0.15) is 0 Å². The number of hydrogen-bond donors (Lipinski definition) is 1. The molecule has 0 aliphatic heterocycles. The lowest BCUT2D eigenvalue weighted by molar-refractivity contribution is 0.945. The van der Waals surface area contributed by atoms with Crippen LogP contribution in [0.2, 0.25) is 0 Å². The number of nitrogens with zero attached hydrogens (tertiary/aromatic N) is 1. The molecule has 0 fully saturated rings. The molecule has 0 radical (unpaired) electrons. The molecule has 0 aliphatic carbocycles. The molecule has 0 bridgehead atoms. The van der Waals surface area contributed by atoms with Gasteiger partial charge in [-0.3, -0.25) is 0 Å². The van der Waals surface area contributed by atoms with Gasteiger partial charge in [0.1, 0.15) is 5.82 Å². The lowest BCUT2D eigenvalue weighted by atomic mass is 10.4. The van der Waals surface area contributed by atoms with E-state index in [0.29, 0.717) is 0 Å². The Balaban J connectivity index is -0.000000449. The maximum atomic E-state index is 4.11. The Morgan fingerprint density at radius 1 is 1.36 bits per heavy atom. The highest BCUT2D eigenvalue weighted by Crippen LogP contribution is 1.96. The van der Waals surface area contributed by atoms with Gasteiger partial charge < -0.3 is 5.32 Å². The second-order valence-electron chi connectivity index (χ2n) is 2.27. The zero-order valence-corrected chi connectivity index (χ0v) is 9.96. The summed E-state index contributed by atoms with van der Waals surface area (Å²) in [6, 6.07) is 0. The molecule has 0 saturated carbocycles. The van der Waals surface area contributed by atoms with E-state index in [4.69, 9.17) is 0 Å². The van der Waals surface area contributed by atoms with Crippen LogP contribution in [0.3, 0.4) is 0 Å². The fourth-order valence-electron chi connectivity index (χ4n) is 0.739. The Kier molecular flexibility index (Phi) is 12.7. The Morgan fingerprint density at radius 2 is 1.93 bits per heavy atom. The SMILES string of the molecule is C=C/C=C(\C)NC(=C\C)/N=C\C.CC.[HH]. The minimum absolute atomic E-state index is 0. The predicted octanol–water partition coefficient (Wildman–Crippen LogP) is 3.89. The normalized spacial score (nSPS) is 12.1. The molecule has 2 heteroatoms. The van der Waals surface area contributed by atoms with Gasteiger partial charge in [0.05, 0.1) is 0 Å². The van der Waals surface area contributed by atoms with Crippen molar-refractivity contribution >= 4 is 6.21 Å². The fraction of sp³-hybridized carbons (Fsp3) is 0.417. The minimum Gasteiger partial charge on any atom is -0.344 e. The van der Waals surface area contributed by atoms with Gasteiger partial charge in [0.15, 0.2) is 0 Å². The Labute approximate surface area is 89.6 Å². The van der Waals surface area contributed by atoms with Crippen molar-refractivity contribution in [2.75, 3.05) is 0 Å². The molecule has 14 heavy (non-hydrogen) atoms. The van der Waals surface area contributed by atoms with Crippen LogP contribution in [0.15, 0.2) is 41.3 Å². The number of nitrogens with one attached hydrogen (secondary N) is 1. The maximum Gasteiger partial charge on any atom is 0.125 e. The molecule has 0 atom stereocenters. The first-order chi connectivity index (χ1) is 6.74. The molecule has 0 aromatic heterocycles. The van der Waals surface area contributed by atoms with Crippen molar-refractivity contribution in [2.24, 2.45) is 4.99 Å². The molecule has 0 aliphatic rings. The number of aliphatic imine (C=N–C) groups is 1. The monoisotopic (exact) mass is 196 g/mol. The molecule has 0 saturated heterocycles. The van der Waals surface area contributed by atoms with Gasteiger partial charge in [-0.1, -0.05) is 26.5 Å². The first-order valence-corrected chi connectivity index (χ1v) is 4.96. The molecule has 0 aromatic carbocycles. The highest BCUT2D eigenvalue weighted by molar-refractivity contribution is 5.55. The van der Waals surface area contributed by atoms with Crippen LogP contribution in [0.25, 0.3) is 0 Å². The van der Waals surface area contributed by atoms with Crippen molar-refractivity contribution in [3.05, 3.63) is 36.3 Å². The summed E-state index contributed by atoms with van der Waals surface area (Å²) in [5, 5.41) is 3.12. The number of rotatable bonds is 4. The standard InChI is InChI=1S/C10H16N2.C2H6.H2/c1-5-8-9(4)12-10(6-2)11-7-3;1-2;/h5-8,12H,1H2,2-4H3;1-2H3;1H/b9-8+,10-6-,11-7-;;. The largest absolute Gasteiger partial charge is 0.344 e. The van der Waals surface area contributed by atoms with E-state index in [1.165, 1.54) is 0 Å². The fourth-order valence-corrected chi connectivity index (χ4v) is 0.739. The van der Waals surface area contributed by atoms with Gasteiger partial charge in [0, 0.05) is 13.3 Å². The van der Waals surface area contributed by atoms with Crippen LogP contribution in [0, 0.1) is 0 Å². The topological polar surface area (TPSA) is 24.4 Å². The van der Waals surface area contributed by atoms with Crippen LogP contribution < -0.4 is 5.32 Å². The Hall–Kier alpha value is -1.31. The van der Waals surface area contributed by atoms with Crippen molar-refractivity contribution in [1.82, 2.24) is 5.32 Å². The molecule has 0 unspecified atom stereocenters. The minimum atomic E-state index is 0. The molecule has 2 nitrogen and oxygen atoms in total. The molecule has 82 valence electrons. The average molecular weight is 196 g/mol. The summed E-state index contributed by atoms with van der Waals surface area (Å²) >= 11 is 0. The summed E-state index contributed by atoms with van der Waals surface area (Å²) in [5.74, 6) is 0.855. The summed E-state index contributed by atoms with van der Waals surface area (Å²) in [6.45, 7) is 13.4. The van der Waals surface area contributed by atoms with Crippen LogP contribution in [0.1, 0.15) is 36.0 Å². The first-order valence-electron chi connectivity index (χ1n) is 4.96. The van der Waals surface area contributed by atoms with E-state index in [1.54, 1.807) is 12.3 Å². The Bertz CT molecular complexity index is 228. The van der Waals surface area contributed by atoms with Crippen molar-refractivity contribution in [2.45, 2.75) is 34.6 Å². The molecule has 0 heterocycles. The lowest BCUT2D eigenvalue weighted by Gasteiger charge is -2.04. The second-order valence-corrected chi connectivity index (χ2v) is 2.27. The van der Waals surface area contributed by atoms with Crippen molar-refractivity contribution in [3.63, 3.8) is 0 Å². The summed E-state index contributed by atoms with van der Waals surface area (Å²) in [4.78, 5) is 4.11. The molecular formula is C12H24N2. The lowest BCUT2D eigenvalue weighted by Crippen LogP contribution is -2.08. The molecular weight excluding hydrogens is 172 g/mol. The maximum absolute atomic E-state index is 4.11. The van der Waals surface area contributed by atoms with Crippen LogP contribution in [0.5, 0.6) is 0 Å². The van der Waals surface area contributed by atoms with Crippen LogP contribution >= 0.6 is 0 Å². The van der Waals surface area contributed by atoms with Crippen molar-refractivity contribution < 1.29 is 1.43 Å². The zero-order chi connectivity index (χ0) is 11.4. The van der Waals surface area contributed by atoms with Crippen molar-refractivity contribution in [1.29, 1.82) is 0 Å². The van der Waals surface area contributed by atoms with Gasteiger partial charge in [0.25, 0.3) is 0 Å². The molecule has 0 rings (SSSR count). The van der Waals surface area contributed by atoms with Crippen molar-refractivity contribution in [3.8, 4) is 0 Å². The average Bonchev–Trinajstić information content (AvgIpc) is 2.20. The number of allylic oxidation sites excluding steroid dienone is 4. The van der Waals surface area contributed by atoms with E-state index in [9.17, 15) is 0 Å². The highest BCUT2D eigenvalue weighted by Gasteiger charge is 1.89. The first kappa shape index (κ1) is 15.2. The van der Waals surface area contributed by atoms with E-state index in [-0.39, 0.29) is 1.43 Å². The van der Waals surface area contributed by atoms with Gasteiger partial charge in [-0.15, -0.1) is 0 Å². The second kappa shape index (κ2) is 11.7. The summed E-state index contributed by atoms with van der Waals surface area (Å²) in [5.41, 5.74) is 1.03. The van der Waals surface area contributed by atoms with Gasteiger partial charge >= 0.3 is 0 Å². The van der Waals surface area contributed by atoms with Gasteiger partial charge in [-0.25, -0.2) is 4.99 Å². The van der Waals surface area contributed by atoms with Gasteiger partial charge in [0.2, 0.25) is 0 Å². The van der Waals surface area contributed by atoms with Gasteiger partial charge in [-0.05, 0) is 32.9 Å². The third-order valence-corrected chi connectivity index (χ3v) is 1.23. The third kappa shape index (κ3) is 8.78. The molecule has 1 N–H and O–H groups in total. The summed E-state index contributed by atoms with van der Waals surface area (Å²) in [6.07, 6.45) is 7.31. The van der Waals surface area contributed by atoms with E-state index < -0.39 is 0 Å². The van der Waals surface area contributed by atoms with E-state index in [2.05, 4.69) is 16.9 Å². The quantitative estimate of drug-likeness (QED) is 0.535. The molecule has 0 aromatic rings. The third-order valence-electron chi connectivity index (χ3n) is 1.23. The predicted molar refractivity (Wildman–Crippen MR) is 68.5 cm³/mol. The highest BCUT2D eigenvalue weighted by atomic mass is 15.0. The van der Waals surface area contributed by atoms with Crippen LogP contribution in [-0.2, 0) is 0 Å². The molecule has 0 spiro atoms. The van der Waals surface area contributed by atoms with Crippen LogP contribution in [-0.4, -0.2) is 6.21 Å². The molecule has 0 amide bonds. The zero-order valence-electron chi connectivity index (χ0n) is 9.96. The Morgan fingerprint density at radius 3 is 2.29 bits per heavy atom. The van der Waals surface area contributed by atoms with E-state index >= 15 is 0 Å². The van der Waals surface area contributed by atoms with E-state index in [0.717, 1.165) is 11.5 Å². The van der Waals surface area contributed by atoms with Crippen LogP contribution in [0.4, 0.5) is 0 Å². The number of hydrogen-bond acceptors (Lipinski definition) is 2. The smallest absolute Gasteiger partial charge is 0.125 e. The summed E-state index contributed by atoms with van der Waals surface area (Å²) < 4.78 is 0.